The molecule has 0 spiro atoms. The molecule has 1 N–H and O–H groups in total. The number of aromatic nitrogens is 3. The van der Waals surface area contributed by atoms with Crippen molar-refractivity contribution in [2.45, 2.75) is 13.0 Å². The average molecular weight is 394 g/mol. The molecule has 3 heterocycles. The Morgan fingerprint density at radius 3 is 2.77 bits per heavy atom. The van der Waals surface area contributed by atoms with Crippen molar-refractivity contribution >= 4 is 27.7 Å². The quantitative estimate of drug-likeness (QED) is 0.463. The van der Waals surface area contributed by atoms with Gasteiger partial charge < -0.3 is 9.73 Å². The highest BCUT2D eigenvalue weighted by atomic mass is 16.3. The predicted octanol–water partition coefficient (Wildman–Crippen LogP) is 4.97. The predicted molar refractivity (Wildman–Crippen MR) is 117 cm³/mol. The highest BCUT2D eigenvalue weighted by molar-refractivity contribution is 5.96. The SMILES string of the molecule is CC(Nc1cc(-c2ccc3occc(=O)c3c2)c2nccnc2c1)c1cccnc1. The van der Waals surface area contributed by atoms with Crippen LogP contribution in [0.2, 0.25) is 0 Å². The minimum absolute atomic E-state index is 0.0596. The third kappa shape index (κ3) is 3.28. The highest BCUT2D eigenvalue weighted by Crippen LogP contribution is 2.32. The summed E-state index contributed by atoms with van der Waals surface area (Å²) in [6, 6.07) is 15.1. The van der Waals surface area contributed by atoms with E-state index in [4.69, 9.17) is 4.42 Å². The first kappa shape index (κ1) is 18.0. The van der Waals surface area contributed by atoms with Crippen molar-refractivity contribution < 1.29 is 4.42 Å². The van der Waals surface area contributed by atoms with Gasteiger partial charge in [0.05, 0.1) is 28.7 Å². The topological polar surface area (TPSA) is 80.9 Å². The van der Waals surface area contributed by atoms with Crippen LogP contribution in [0.15, 0.2) is 88.8 Å². The molecule has 0 aliphatic heterocycles. The molecule has 0 bridgehead atoms. The third-order valence-electron chi connectivity index (χ3n) is 5.11. The van der Waals surface area contributed by atoms with E-state index in [9.17, 15) is 4.79 Å². The molecule has 0 aliphatic rings. The summed E-state index contributed by atoms with van der Waals surface area (Å²) < 4.78 is 5.45. The van der Waals surface area contributed by atoms with Crippen LogP contribution in [-0.2, 0) is 0 Å². The summed E-state index contributed by atoms with van der Waals surface area (Å²) >= 11 is 0. The molecule has 6 heteroatoms. The van der Waals surface area contributed by atoms with Crippen LogP contribution in [0, 0.1) is 0 Å². The van der Waals surface area contributed by atoms with Gasteiger partial charge in [-0.1, -0.05) is 12.1 Å². The first-order chi connectivity index (χ1) is 14.7. The van der Waals surface area contributed by atoms with E-state index in [0.29, 0.717) is 11.0 Å². The Morgan fingerprint density at radius 1 is 1.00 bits per heavy atom. The van der Waals surface area contributed by atoms with Crippen LogP contribution in [0.1, 0.15) is 18.5 Å². The number of hydrogen-bond acceptors (Lipinski definition) is 6. The largest absolute Gasteiger partial charge is 0.464 e. The number of rotatable bonds is 4. The van der Waals surface area contributed by atoms with Gasteiger partial charge in [-0.15, -0.1) is 0 Å². The molecule has 3 aromatic heterocycles. The van der Waals surface area contributed by atoms with Gasteiger partial charge >= 0.3 is 0 Å². The smallest absolute Gasteiger partial charge is 0.192 e. The van der Waals surface area contributed by atoms with Crippen molar-refractivity contribution in [1.29, 1.82) is 0 Å². The monoisotopic (exact) mass is 394 g/mol. The molecular weight excluding hydrogens is 376 g/mol. The molecule has 0 amide bonds. The highest BCUT2D eigenvalue weighted by Gasteiger charge is 2.13. The Morgan fingerprint density at radius 2 is 1.90 bits per heavy atom. The van der Waals surface area contributed by atoms with Gasteiger partial charge in [0.2, 0.25) is 0 Å². The second-order valence-electron chi connectivity index (χ2n) is 7.10. The van der Waals surface area contributed by atoms with Gasteiger partial charge in [-0.2, -0.15) is 0 Å². The van der Waals surface area contributed by atoms with Crippen molar-refractivity contribution in [3.63, 3.8) is 0 Å². The Kier molecular flexibility index (Phi) is 4.44. The summed E-state index contributed by atoms with van der Waals surface area (Å²) in [6.07, 6.45) is 8.37. The Hall–Kier alpha value is -4.06. The fourth-order valence-electron chi connectivity index (χ4n) is 3.60. The van der Waals surface area contributed by atoms with E-state index in [0.717, 1.165) is 33.4 Å². The van der Waals surface area contributed by atoms with E-state index >= 15 is 0 Å². The molecule has 5 rings (SSSR count). The zero-order valence-corrected chi connectivity index (χ0v) is 16.2. The molecule has 1 atom stereocenters. The van der Waals surface area contributed by atoms with E-state index in [1.807, 2.05) is 48.7 Å². The van der Waals surface area contributed by atoms with Crippen LogP contribution >= 0.6 is 0 Å². The molecule has 1 unspecified atom stereocenters. The molecule has 0 saturated carbocycles. The summed E-state index contributed by atoms with van der Waals surface area (Å²) in [5.41, 5.74) is 5.80. The first-order valence-corrected chi connectivity index (χ1v) is 9.62. The van der Waals surface area contributed by atoms with Crippen LogP contribution in [-0.4, -0.2) is 15.0 Å². The number of pyridine rings is 1. The molecule has 0 aliphatic carbocycles. The van der Waals surface area contributed by atoms with E-state index in [-0.39, 0.29) is 11.5 Å². The van der Waals surface area contributed by atoms with Gasteiger partial charge in [0.15, 0.2) is 5.43 Å². The summed E-state index contributed by atoms with van der Waals surface area (Å²) in [5, 5.41) is 4.06. The van der Waals surface area contributed by atoms with E-state index in [1.54, 1.807) is 18.6 Å². The number of hydrogen-bond donors (Lipinski definition) is 1. The first-order valence-electron chi connectivity index (χ1n) is 9.62. The number of anilines is 1. The summed E-state index contributed by atoms with van der Waals surface area (Å²) in [7, 11) is 0. The number of fused-ring (bicyclic) bond motifs is 2. The van der Waals surface area contributed by atoms with Gasteiger partial charge in [0.25, 0.3) is 0 Å². The maximum atomic E-state index is 12.3. The molecule has 6 nitrogen and oxygen atoms in total. The van der Waals surface area contributed by atoms with Gasteiger partial charge in [-0.05, 0) is 48.4 Å². The van der Waals surface area contributed by atoms with E-state index in [2.05, 4.69) is 27.2 Å². The Balaban J connectivity index is 1.64. The average Bonchev–Trinajstić information content (AvgIpc) is 2.79. The Labute approximate surface area is 172 Å². The second-order valence-corrected chi connectivity index (χ2v) is 7.10. The second kappa shape index (κ2) is 7.40. The Bertz CT molecular complexity index is 1410. The molecule has 0 fully saturated rings. The minimum atomic E-state index is -0.0760. The number of nitrogens with zero attached hydrogens (tertiary/aromatic N) is 3. The van der Waals surface area contributed by atoms with Crippen molar-refractivity contribution in [2.75, 3.05) is 5.32 Å². The van der Waals surface area contributed by atoms with Gasteiger partial charge in [0.1, 0.15) is 5.58 Å². The fourth-order valence-corrected chi connectivity index (χ4v) is 3.60. The van der Waals surface area contributed by atoms with Crippen LogP contribution in [0.5, 0.6) is 0 Å². The van der Waals surface area contributed by atoms with Crippen LogP contribution < -0.4 is 10.7 Å². The standard InChI is InChI=1S/C24H18N4O2/c1-15(17-3-2-7-25-14-17)28-18-12-19(24-21(13-18)26-8-9-27-24)16-4-5-23-20(11-16)22(29)6-10-30-23/h2-15,28H,1H3. The van der Waals surface area contributed by atoms with Crippen LogP contribution in [0.25, 0.3) is 33.1 Å². The lowest BCUT2D eigenvalue weighted by Gasteiger charge is -2.17. The van der Waals surface area contributed by atoms with Crippen molar-refractivity contribution in [2.24, 2.45) is 0 Å². The summed E-state index contributed by atoms with van der Waals surface area (Å²) in [4.78, 5) is 25.5. The maximum absolute atomic E-state index is 12.3. The van der Waals surface area contributed by atoms with Crippen molar-refractivity contribution in [3.8, 4) is 11.1 Å². The lowest BCUT2D eigenvalue weighted by atomic mass is 10.0. The lowest BCUT2D eigenvalue weighted by molar-refractivity contribution is 0.602. The molecule has 30 heavy (non-hydrogen) atoms. The lowest BCUT2D eigenvalue weighted by Crippen LogP contribution is -2.07. The zero-order valence-electron chi connectivity index (χ0n) is 16.2. The van der Waals surface area contributed by atoms with Crippen molar-refractivity contribution in [1.82, 2.24) is 15.0 Å². The van der Waals surface area contributed by atoms with Crippen molar-refractivity contribution in [3.05, 3.63) is 95.4 Å². The molecule has 146 valence electrons. The summed E-state index contributed by atoms with van der Waals surface area (Å²) in [5.74, 6) is 0. The number of benzene rings is 2. The van der Waals surface area contributed by atoms with E-state index in [1.165, 1.54) is 12.3 Å². The van der Waals surface area contributed by atoms with Gasteiger partial charge in [-0.3, -0.25) is 19.7 Å². The normalized spacial score (nSPS) is 12.2. The fraction of sp³-hybridized carbons (Fsp3) is 0.0833. The molecule has 0 radical (unpaired) electrons. The van der Waals surface area contributed by atoms with Crippen LogP contribution in [0.3, 0.4) is 0 Å². The van der Waals surface area contributed by atoms with Gasteiger partial charge in [0, 0.05) is 42.1 Å². The summed E-state index contributed by atoms with van der Waals surface area (Å²) in [6.45, 7) is 2.08. The molecule has 2 aromatic carbocycles. The third-order valence-corrected chi connectivity index (χ3v) is 5.11. The maximum Gasteiger partial charge on any atom is 0.192 e. The zero-order chi connectivity index (χ0) is 20.5. The van der Waals surface area contributed by atoms with E-state index < -0.39 is 0 Å². The minimum Gasteiger partial charge on any atom is -0.464 e. The molecule has 0 saturated heterocycles. The van der Waals surface area contributed by atoms with Crippen LogP contribution in [0.4, 0.5) is 5.69 Å². The molecular formula is C24H18N4O2. The van der Waals surface area contributed by atoms with Gasteiger partial charge in [-0.25, -0.2) is 0 Å². The molecule has 5 aromatic rings. The number of nitrogens with one attached hydrogen (secondary N) is 1.